The highest BCUT2D eigenvalue weighted by Gasteiger charge is 2.21. The van der Waals surface area contributed by atoms with Gasteiger partial charge in [-0.25, -0.2) is 0 Å². The van der Waals surface area contributed by atoms with Gasteiger partial charge in [0.25, 0.3) is 5.91 Å². The first-order chi connectivity index (χ1) is 12.3. The molecule has 25 heavy (non-hydrogen) atoms. The molecule has 0 saturated carbocycles. The molecule has 1 amide bonds. The van der Waals surface area contributed by atoms with E-state index in [4.69, 9.17) is 4.74 Å². The van der Waals surface area contributed by atoms with Crippen molar-refractivity contribution in [3.63, 3.8) is 0 Å². The molecule has 0 fully saturated rings. The Bertz CT molecular complexity index is 863. The fourth-order valence-electron chi connectivity index (χ4n) is 3.61. The molecule has 0 saturated heterocycles. The van der Waals surface area contributed by atoms with Gasteiger partial charge >= 0.3 is 0 Å². The van der Waals surface area contributed by atoms with Gasteiger partial charge in [0, 0.05) is 10.4 Å². The average Bonchev–Trinajstić information content (AvgIpc) is 3.18. The minimum Gasteiger partial charge on any atom is -0.372 e. The van der Waals surface area contributed by atoms with E-state index in [-0.39, 0.29) is 5.91 Å². The highest BCUT2D eigenvalue weighted by molar-refractivity contribution is 7.16. The van der Waals surface area contributed by atoms with E-state index in [1.54, 1.807) is 11.3 Å². The van der Waals surface area contributed by atoms with Gasteiger partial charge in [-0.3, -0.25) is 4.79 Å². The summed E-state index contributed by atoms with van der Waals surface area (Å²) in [5.41, 5.74) is 4.67. The summed E-state index contributed by atoms with van der Waals surface area (Å²) in [7, 11) is 0. The van der Waals surface area contributed by atoms with Crippen molar-refractivity contribution in [2.75, 3.05) is 5.32 Å². The molecule has 2 aliphatic rings. The smallest absolute Gasteiger partial charge is 0.256 e. The number of carbonyl (C=O) groups excluding carboxylic acids is 1. The largest absolute Gasteiger partial charge is 0.372 e. The van der Waals surface area contributed by atoms with Crippen molar-refractivity contribution in [2.45, 2.75) is 51.7 Å². The number of thiophene rings is 1. The SMILES string of the molecule is N#Cc1c(NC(=O)c2ccc3c(c2)COC3)sc2c1CCCCCC2. The molecule has 1 aromatic heterocycles. The lowest BCUT2D eigenvalue weighted by atomic mass is 9.97. The lowest BCUT2D eigenvalue weighted by Gasteiger charge is -2.08. The summed E-state index contributed by atoms with van der Waals surface area (Å²) in [5, 5.41) is 13.3. The predicted molar refractivity (Wildman–Crippen MR) is 97.8 cm³/mol. The molecule has 0 spiro atoms. The third kappa shape index (κ3) is 3.20. The Morgan fingerprint density at radius 2 is 1.92 bits per heavy atom. The van der Waals surface area contributed by atoms with Crippen molar-refractivity contribution in [3.05, 3.63) is 50.9 Å². The Hall–Kier alpha value is -2.16. The van der Waals surface area contributed by atoms with Crippen LogP contribution in [0, 0.1) is 11.3 Å². The van der Waals surface area contributed by atoms with Gasteiger partial charge in [-0.2, -0.15) is 5.26 Å². The molecule has 1 aliphatic heterocycles. The topological polar surface area (TPSA) is 62.1 Å². The molecule has 1 aromatic carbocycles. The standard InChI is InChI=1S/C20H20N2O2S/c21-10-17-16-5-3-1-2-4-6-18(16)25-20(17)22-19(23)13-7-8-14-11-24-12-15(14)9-13/h7-9H,1-6,11-12H2,(H,22,23). The number of nitriles is 1. The minimum atomic E-state index is -0.152. The third-order valence-electron chi connectivity index (χ3n) is 4.99. The molecule has 1 N–H and O–H groups in total. The van der Waals surface area contributed by atoms with Gasteiger partial charge in [-0.15, -0.1) is 11.3 Å². The predicted octanol–water partition coefficient (Wildman–Crippen LogP) is 4.56. The quantitative estimate of drug-likeness (QED) is 0.862. The second kappa shape index (κ2) is 6.99. The summed E-state index contributed by atoms with van der Waals surface area (Å²) in [4.78, 5) is 13.9. The van der Waals surface area contributed by atoms with Crippen molar-refractivity contribution in [1.29, 1.82) is 5.26 Å². The van der Waals surface area contributed by atoms with Crippen LogP contribution >= 0.6 is 11.3 Å². The number of carbonyl (C=O) groups is 1. The molecule has 2 aromatic rings. The van der Waals surface area contributed by atoms with Gasteiger partial charge in [-0.05, 0) is 54.5 Å². The second-order valence-corrected chi connectivity index (χ2v) is 7.77. The zero-order valence-electron chi connectivity index (χ0n) is 14.1. The molecule has 1 aliphatic carbocycles. The van der Waals surface area contributed by atoms with Crippen LogP contribution in [0.1, 0.15) is 63.2 Å². The van der Waals surface area contributed by atoms with Crippen LogP contribution in [0.25, 0.3) is 0 Å². The van der Waals surface area contributed by atoms with Crippen molar-refractivity contribution in [3.8, 4) is 6.07 Å². The van der Waals surface area contributed by atoms with Gasteiger partial charge in [0.1, 0.15) is 11.1 Å². The van der Waals surface area contributed by atoms with Crippen LogP contribution in [0.15, 0.2) is 18.2 Å². The number of anilines is 1. The van der Waals surface area contributed by atoms with Crippen molar-refractivity contribution < 1.29 is 9.53 Å². The van der Waals surface area contributed by atoms with Gasteiger partial charge in [0.2, 0.25) is 0 Å². The van der Waals surface area contributed by atoms with E-state index in [0.717, 1.165) is 42.4 Å². The van der Waals surface area contributed by atoms with E-state index in [0.29, 0.717) is 29.3 Å². The highest BCUT2D eigenvalue weighted by Crippen LogP contribution is 2.36. The Morgan fingerprint density at radius 3 is 2.76 bits per heavy atom. The monoisotopic (exact) mass is 352 g/mol. The molecule has 2 heterocycles. The summed E-state index contributed by atoms with van der Waals surface area (Å²) >= 11 is 1.58. The molecule has 128 valence electrons. The van der Waals surface area contributed by atoms with Crippen molar-refractivity contribution in [2.24, 2.45) is 0 Å². The maximum atomic E-state index is 12.7. The third-order valence-corrected chi connectivity index (χ3v) is 6.20. The number of nitrogens with zero attached hydrogens (tertiary/aromatic N) is 1. The molecular weight excluding hydrogens is 332 g/mol. The number of nitrogens with one attached hydrogen (secondary N) is 1. The number of fused-ring (bicyclic) bond motifs is 2. The highest BCUT2D eigenvalue weighted by atomic mass is 32.1. The normalized spacial score (nSPS) is 16.3. The van der Waals surface area contributed by atoms with E-state index in [1.807, 2.05) is 18.2 Å². The Balaban J connectivity index is 1.61. The zero-order valence-corrected chi connectivity index (χ0v) is 14.9. The van der Waals surface area contributed by atoms with Crippen LogP contribution in [0.3, 0.4) is 0 Å². The van der Waals surface area contributed by atoms with Gasteiger partial charge in [0.15, 0.2) is 0 Å². The Labute approximate surface area is 151 Å². The summed E-state index contributed by atoms with van der Waals surface area (Å²) in [5.74, 6) is -0.152. The number of amides is 1. The summed E-state index contributed by atoms with van der Waals surface area (Å²) in [6, 6.07) is 8.01. The molecular formula is C20H20N2O2S. The molecule has 4 rings (SSSR count). The molecule has 5 heteroatoms. The van der Waals surface area contributed by atoms with E-state index >= 15 is 0 Å². The first-order valence-electron chi connectivity index (χ1n) is 8.82. The number of aryl methyl sites for hydroxylation is 1. The van der Waals surface area contributed by atoms with E-state index < -0.39 is 0 Å². The van der Waals surface area contributed by atoms with Crippen molar-refractivity contribution >= 4 is 22.2 Å². The number of benzene rings is 1. The van der Waals surface area contributed by atoms with Gasteiger partial charge in [-0.1, -0.05) is 18.9 Å². The maximum absolute atomic E-state index is 12.7. The minimum absolute atomic E-state index is 0.152. The molecule has 0 atom stereocenters. The van der Waals surface area contributed by atoms with Crippen LogP contribution in [0.5, 0.6) is 0 Å². The van der Waals surface area contributed by atoms with Gasteiger partial charge in [0.05, 0.1) is 18.8 Å². The molecule has 0 radical (unpaired) electrons. The van der Waals surface area contributed by atoms with Crippen LogP contribution in [-0.2, 0) is 30.8 Å². The number of hydrogen-bond acceptors (Lipinski definition) is 4. The molecule has 0 bridgehead atoms. The molecule has 4 nitrogen and oxygen atoms in total. The average molecular weight is 352 g/mol. The summed E-state index contributed by atoms with van der Waals surface area (Å²) < 4.78 is 5.41. The van der Waals surface area contributed by atoms with E-state index in [1.165, 1.54) is 17.7 Å². The van der Waals surface area contributed by atoms with Crippen LogP contribution in [-0.4, -0.2) is 5.91 Å². The zero-order chi connectivity index (χ0) is 17.2. The fraction of sp³-hybridized carbons (Fsp3) is 0.400. The lowest BCUT2D eigenvalue weighted by molar-refractivity contribution is 0.102. The lowest BCUT2D eigenvalue weighted by Crippen LogP contribution is -2.12. The van der Waals surface area contributed by atoms with E-state index in [2.05, 4.69) is 11.4 Å². The number of rotatable bonds is 2. The fourth-order valence-corrected chi connectivity index (χ4v) is 4.85. The first kappa shape index (κ1) is 16.3. The number of hydrogen-bond donors (Lipinski definition) is 1. The van der Waals surface area contributed by atoms with Crippen LogP contribution in [0.4, 0.5) is 5.00 Å². The molecule has 0 unspecified atom stereocenters. The maximum Gasteiger partial charge on any atom is 0.256 e. The van der Waals surface area contributed by atoms with Crippen molar-refractivity contribution in [1.82, 2.24) is 0 Å². The van der Waals surface area contributed by atoms with Crippen LogP contribution < -0.4 is 5.32 Å². The van der Waals surface area contributed by atoms with Crippen LogP contribution in [0.2, 0.25) is 0 Å². The summed E-state index contributed by atoms with van der Waals surface area (Å²) in [6.07, 6.45) is 6.71. The Morgan fingerprint density at radius 1 is 1.12 bits per heavy atom. The van der Waals surface area contributed by atoms with Gasteiger partial charge < -0.3 is 10.1 Å². The Kier molecular flexibility index (Phi) is 4.56. The van der Waals surface area contributed by atoms with E-state index in [9.17, 15) is 10.1 Å². The number of ether oxygens (including phenoxy) is 1. The summed E-state index contributed by atoms with van der Waals surface area (Å²) in [6.45, 7) is 1.18. The second-order valence-electron chi connectivity index (χ2n) is 6.66. The first-order valence-corrected chi connectivity index (χ1v) is 9.63.